The molecule has 2 unspecified atom stereocenters. The van der Waals surface area contributed by atoms with Gasteiger partial charge >= 0.3 is 12.5 Å². The normalized spacial score (nSPS) is 17.7. The minimum absolute atomic E-state index is 0.0806. The summed E-state index contributed by atoms with van der Waals surface area (Å²) in [6.07, 6.45) is -9.58. The molecule has 2 atom stereocenters. The van der Waals surface area contributed by atoms with Crippen molar-refractivity contribution in [2.45, 2.75) is 32.0 Å². The van der Waals surface area contributed by atoms with E-state index in [-0.39, 0.29) is 28.1 Å². The first kappa shape index (κ1) is 26.8. The van der Waals surface area contributed by atoms with Crippen molar-refractivity contribution in [1.82, 2.24) is 15.1 Å². The van der Waals surface area contributed by atoms with Crippen LogP contribution in [0.1, 0.15) is 29.8 Å². The van der Waals surface area contributed by atoms with Gasteiger partial charge in [0.25, 0.3) is 0 Å². The van der Waals surface area contributed by atoms with Crippen molar-refractivity contribution in [1.29, 1.82) is 0 Å². The van der Waals surface area contributed by atoms with Crippen LogP contribution >= 0.6 is 23.2 Å². The molecule has 0 saturated carbocycles. The summed E-state index contributed by atoms with van der Waals surface area (Å²) in [6.45, 7) is 1.42. The van der Waals surface area contributed by atoms with Crippen LogP contribution in [0.3, 0.4) is 0 Å². The zero-order chi connectivity index (χ0) is 27.1. The lowest BCUT2D eigenvalue weighted by atomic mass is 9.87. The molecule has 1 aliphatic rings. The van der Waals surface area contributed by atoms with Gasteiger partial charge < -0.3 is 10.1 Å². The Labute approximate surface area is 215 Å². The molecule has 0 spiro atoms. The van der Waals surface area contributed by atoms with Crippen molar-refractivity contribution in [2.24, 2.45) is 10.9 Å². The Kier molecular flexibility index (Phi) is 7.17. The van der Waals surface area contributed by atoms with Gasteiger partial charge in [0.2, 0.25) is 5.91 Å². The number of carbonyl (C=O) groups excluding carboxylic acids is 1. The van der Waals surface area contributed by atoms with Crippen molar-refractivity contribution in [2.75, 3.05) is 0 Å². The number of aromatic nitrogens is 2. The number of alkyl halides is 6. The number of rotatable bonds is 5. The minimum atomic E-state index is -4.84. The third-order valence-electron chi connectivity index (χ3n) is 5.52. The number of hydrogen-bond donors (Lipinski definition) is 1. The van der Waals surface area contributed by atoms with E-state index in [2.05, 4.69) is 20.1 Å². The van der Waals surface area contributed by atoms with Crippen LogP contribution in [0, 0.1) is 5.92 Å². The van der Waals surface area contributed by atoms with Crippen LogP contribution in [-0.2, 0) is 17.5 Å². The molecule has 0 fully saturated rings. The predicted molar refractivity (Wildman–Crippen MR) is 123 cm³/mol. The van der Waals surface area contributed by atoms with Crippen molar-refractivity contribution >= 4 is 40.6 Å². The monoisotopic (exact) mass is 564 g/mol. The summed E-state index contributed by atoms with van der Waals surface area (Å²) in [4.78, 5) is 17.5. The molecule has 2 heterocycles. The molecular formula is C23H16Cl2F6N4O2. The van der Waals surface area contributed by atoms with Gasteiger partial charge in [0.05, 0.1) is 16.1 Å². The summed E-state index contributed by atoms with van der Waals surface area (Å²) in [5.74, 6) is -2.20. The van der Waals surface area contributed by atoms with Crippen molar-refractivity contribution < 1.29 is 35.9 Å². The Morgan fingerprint density at radius 2 is 1.70 bits per heavy atom. The molecule has 3 aromatic rings. The fraction of sp³-hybridized carbons (Fsp3) is 0.261. The summed E-state index contributed by atoms with van der Waals surface area (Å²) in [5.41, 5.74) is -0.121. The van der Waals surface area contributed by atoms with Gasteiger partial charge in [-0.15, -0.1) is 13.2 Å². The topological polar surface area (TPSA) is 68.5 Å². The van der Waals surface area contributed by atoms with Crippen LogP contribution in [0.4, 0.5) is 32.2 Å². The lowest BCUT2D eigenvalue weighted by Gasteiger charge is -2.31. The third-order valence-corrected chi connectivity index (χ3v) is 6.26. The second-order valence-corrected chi connectivity index (χ2v) is 8.90. The summed E-state index contributed by atoms with van der Waals surface area (Å²) in [7, 11) is 0. The molecule has 6 nitrogen and oxygen atoms in total. The van der Waals surface area contributed by atoms with Crippen LogP contribution in [-0.4, -0.2) is 27.8 Å². The number of carbonyl (C=O) groups is 1. The lowest BCUT2D eigenvalue weighted by Crippen LogP contribution is -2.42. The molecule has 0 saturated heterocycles. The molecule has 0 radical (unpaired) electrons. The van der Waals surface area contributed by atoms with Crippen molar-refractivity contribution in [3.05, 3.63) is 75.4 Å². The second-order valence-electron chi connectivity index (χ2n) is 8.09. The Hall–Kier alpha value is -3.25. The van der Waals surface area contributed by atoms with Crippen LogP contribution in [0.25, 0.3) is 0 Å². The number of ether oxygens (including phenoxy) is 1. The first-order valence-corrected chi connectivity index (χ1v) is 11.3. The van der Waals surface area contributed by atoms with E-state index in [1.54, 1.807) is 0 Å². The van der Waals surface area contributed by atoms with E-state index in [9.17, 15) is 31.1 Å². The molecule has 1 amide bonds. The van der Waals surface area contributed by atoms with Crippen LogP contribution in [0.15, 0.2) is 53.5 Å². The van der Waals surface area contributed by atoms with Gasteiger partial charge in [-0.1, -0.05) is 41.4 Å². The highest BCUT2D eigenvalue weighted by molar-refractivity contribution is 6.42. The average molecular weight is 565 g/mol. The smallest absolute Gasteiger partial charge is 0.406 e. The highest BCUT2D eigenvalue weighted by Gasteiger charge is 2.42. The quantitative estimate of drug-likeness (QED) is 0.349. The van der Waals surface area contributed by atoms with Crippen molar-refractivity contribution in [3.8, 4) is 5.75 Å². The maximum absolute atomic E-state index is 13.4. The Morgan fingerprint density at radius 3 is 2.30 bits per heavy atom. The number of nitrogens with zero attached hydrogens (tertiary/aromatic N) is 3. The van der Waals surface area contributed by atoms with E-state index >= 15 is 0 Å². The van der Waals surface area contributed by atoms with Crippen LogP contribution in [0.5, 0.6) is 5.75 Å². The molecule has 1 aliphatic heterocycles. The van der Waals surface area contributed by atoms with Gasteiger partial charge in [-0.2, -0.15) is 18.3 Å². The van der Waals surface area contributed by atoms with Gasteiger partial charge in [0, 0.05) is 18.3 Å². The van der Waals surface area contributed by atoms with E-state index < -0.39 is 41.8 Å². The van der Waals surface area contributed by atoms with Crippen LogP contribution in [0.2, 0.25) is 10.0 Å². The number of halogens is 8. The maximum Gasteiger partial charge on any atom is 0.573 e. The first-order chi connectivity index (χ1) is 17.2. The maximum atomic E-state index is 13.4. The SMILES string of the molecule is CC1=Nc2cc(C(F)(F)F)nn2C(c2ccc(Cl)c(Cl)c2)C1C(=O)NCc1ccc(OC(F)(F)F)cc1. The summed E-state index contributed by atoms with van der Waals surface area (Å²) in [5, 5.41) is 6.67. The van der Waals surface area contributed by atoms with Gasteiger partial charge in [-0.25, -0.2) is 9.67 Å². The first-order valence-electron chi connectivity index (χ1n) is 10.5. The average Bonchev–Trinajstić information content (AvgIpc) is 3.22. The number of aliphatic imine (C=N–C) groups is 1. The zero-order valence-electron chi connectivity index (χ0n) is 18.7. The molecule has 14 heteroatoms. The molecule has 0 bridgehead atoms. The highest BCUT2D eigenvalue weighted by Crippen LogP contribution is 2.41. The van der Waals surface area contributed by atoms with Gasteiger partial charge in [-0.05, 0) is 42.3 Å². The summed E-state index contributed by atoms with van der Waals surface area (Å²) >= 11 is 12.1. The van der Waals surface area contributed by atoms with Crippen molar-refractivity contribution in [3.63, 3.8) is 0 Å². The summed E-state index contributed by atoms with van der Waals surface area (Å²) < 4.78 is 82.1. The number of hydrogen-bond acceptors (Lipinski definition) is 4. The standard InChI is InChI=1S/C23H16Cl2F6N4O2/c1-11-19(21(36)32-10-12-2-5-14(6-3-12)37-23(29,30)31)20(13-4-7-15(24)16(25)8-13)35-18(33-11)9-17(34-35)22(26,27)28/h2-9,19-20H,10H2,1H3,(H,32,36). The minimum Gasteiger partial charge on any atom is -0.406 e. The lowest BCUT2D eigenvalue weighted by molar-refractivity contribution is -0.274. The Morgan fingerprint density at radius 1 is 1.03 bits per heavy atom. The van der Waals surface area contributed by atoms with Crippen LogP contribution < -0.4 is 10.1 Å². The molecule has 1 aromatic heterocycles. The Balaban J connectivity index is 1.63. The zero-order valence-corrected chi connectivity index (χ0v) is 20.2. The van der Waals surface area contributed by atoms with E-state index in [0.29, 0.717) is 11.1 Å². The molecule has 37 heavy (non-hydrogen) atoms. The molecule has 4 rings (SSSR count). The van der Waals surface area contributed by atoms with E-state index in [0.717, 1.165) is 22.9 Å². The molecule has 196 valence electrons. The third kappa shape index (κ3) is 6.02. The van der Waals surface area contributed by atoms with Gasteiger partial charge in [0.15, 0.2) is 11.5 Å². The van der Waals surface area contributed by atoms with E-state index in [1.807, 2.05) is 0 Å². The van der Waals surface area contributed by atoms with Gasteiger partial charge in [0.1, 0.15) is 11.7 Å². The van der Waals surface area contributed by atoms with E-state index in [1.165, 1.54) is 37.3 Å². The van der Waals surface area contributed by atoms with E-state index in [4.69, 9.17) is 23.2 Å². The number of nitrogens with one attached hydrogen (secondary N) is 1. The van der Waals surface area contributed by atoms with Gasteiger partial charge in [-0.3, -0.25) is 4.79 Å². The Bertz CT molecular complexity index is 1350. The number of benzene rings is 2. The molecule has 1 N–H and O–H groups in total. The fourth-order valence-electron chi connectivity index (χ4n) is 3.90. The second kappa shape index (κ2) is 9.90. The summed E-state index contributed by atoms with van der Waals surface area (Å²) in [6, 6.07) is 9.01. The number of fused-ring (bicyclic) bond motifs is 1. The largest absolute Gasteiger partial charge is 0.573 e. The molecular weight excluding hydrogens is 549 g/mol. The molecule has 0 aliphatic carbocycles. The molecule has 2 aromatic carbocycles. The number of amides is 1. The highest BCUT2D eigenvalue weighted by atomic mass is 35.5. The predicted octanol–water partition coefficient (Wildman–Crippen LogP) is 6.74. The fourth-order valence-corrected chi connectivity index (χ4v) is 4.21.